The van der Waals surface area contributed by atoms with Crippen LogP contribution in [0.25, 0.3) is 0 Å². The smallest absolute Gasteiger partial charge is 0.0431 e. The summed E-state index contributed by atoms with van der Waals surface area (Å²) in [6, 6.07) is 0. The first-order valence-corrected chi connectivity index (χ1v) is 5.33. The third kappa shape index (κ3) is 4.60. The first-order chi connectivity index (χ1) is 6.33. The molecule has 1 heterocycles. The minimum Gasteiger partial charge on any atom is -0.396 e. The Kier molecular flexibility index (Phi) is 5.35. The van der Waals surface area contributed by atoms with Crippen LogP contribution in [0.15, 0.2) is 0 Å². The third-order valence-corrected chi connectivity index (χ3v) is 2.68. The van der Waals surface area contributed by atoms with Gasteiger partial charge in [-0.25, -0.2) is 0 Å². The van der Waals surface area contributed by atoms with Crippen molar-refractivity contribution in [2.45, 2.75) is 19.3 Å². The molecule has 1 atom stereocenters. The second-order valence-electron chi connectivity index (χ2n) is 4.05. The van der Waals surface area contributed by atoms with Gasteiger partial charge < -0.3 is 15.3 Å². The second kappa shape index (κ2) is 6.35. The Morgan fingerprint density at radius 1 is 1.46 bits per heavy atom. The van der Waals surface area contributed by atoms with Crippen LogP contribution in [0.1, 0.15) is 19.3 Å². The first kappa shape index (κ1) is 11.0. The highest BCUT2D eigenvalue weighted by atomic mass is 16.2. The Labute approximate surface area is 81.1 Å². The molecular formula is C10H22N2O. The lowest BCUT2D eigenvalue weighted by Crippen LogP contribution is -2.25. The van der Waals surface area contributed by atoms with Crippen LogP contribution in [0.3, 0.4) is 0 Å². The molecule has 0 saturated carbocycles. The van der Waals surface area contributed by atoms with Gasteiger partial charge in [-0.3, -0.25) is 0 Å². The number of nitrogens with zero attached hydrogens (tertiary/aromatic N) is 1. The van der Waals surface area contributed by atoms with E-state index in [1.54, 1.807) is 0 Å². The van der Waals surface area contributed by atoms with E-state index < -0.39 is 0 Å². The van der Waals surface area contributed by atoms with Crippen LogP contribution in [0.4, 0.5) is 0 Å². The van der Waals surface area contributed by atoms with E-state index in [0.29, 0.717) is 6.61 Å². The van der Waals surface area contributed by atoms with E-state index in [-0.39, 0.29) is 0 Å². The van der Waals surface area contributed by atoms with E-state index in [0.717, 1.165) is 31.8 Å². The number of hydrogen-bond acceptors (Lipinski definition) is 3. The highest BCUT2D eigenvalue weighted by molar-refractivity contribution is 4.74. The van der Waals surface area contributed by atoms with E-state index in [1.165, 1.54) is 19.5 Å². The molecule has 0 amide bonds. The van der Waals surface area contributed by atoms with Crippen LogP contribution < -0.4 is 5.32 Å². The van der Waals surface area contributed by atoms with E-state index in [9.17, 15) is 0 Å². The van der Waals surface area contributed by atoms with Crippen LogP contribution in [0.2, 0.25) is 0 Å². The molecule has 0 spiro atoms. The summed E-state index contributed by atoms with van der Waals surface area (Å²) in [5, 5.41) is 12.0. The first-order valence-electron chi connectivity index (χ1n) is 5.33. The molecule has 1 saturated heterocycles. The van der Waals surface area contributed by atoms with E-state index in [4.69, 9.17) is 5.11 Å². The Balaban J connectivity index is 1.88. The number of likely N-dealkylation sites (tertiary alicyclic amines) is 1. The van der Waals surface area contributed by atoms with Gasteiger partial charge in [0.1, 0.15) is 0 Å². The lowest BCUT2D eigenvalue weighted by atomic mass is 10.1. The zero-order valence-corrected chi connectivity index (χ0v) is 8.63. The fourth-order valence-corrected chi connectivity index (χ4v) is 1.86. The fourth-order valence-electron chi connectivity index (χ4n) is 1.86. The van der Waals surface area contributed by atoms with Gasteiger partial charge in [-0.1, -0.05) is 0 Å². The average molecular weight is 186 g/mol. The second-order valence-corrected chi connectivity index (χ2v) is 4.05. The molecule has 1 fully saturated rings. The summed E-state index contributed by atoms with van der Waals surface area (Å²) < 4.78 is 0. The Hall–Kier alpha value is -0.120. The van der Waals surface area contributed by atoms with Gasteiger partial charge in [-0.05, 0) is 51.9 Å². The molecule has 0 aromatic heterocycles. The molecule has 1 aliphatic rings. The van der Waals surface area contributed by atoms with Gasteiger partial charge in [0.15, 0.2) is 0 Å². The van der Waals surface area contributed by atoms with Crippen molar-refractivity contribution in [1.82, 2.24) is 10.2 Å². The van der Waals surface area contributed by atoms with Gasteiger partial charge in [-0.15, -0.1) is 0 Å². The molecule has 0 aromatic carbocycles. The number of nitrogens with one attached hydrogen (secondary N) is 1. The largest absolute Gasteiger partial charge is 0.396 e. The molecule has 13 heavy (non-hydrogen) atoms. The highest BCUT2D eigenvalue weighted by Gasteiger charge is 2.18. The van der Waals surface area contributed by atoms with Gasteiger partial charge in [0, 0.05) is 13.2 Å². The lowest BCUT2D eigenvalue weighted by Gasteiger charge is -2.11. The molecule has 1 aliphatic heterocycles. The van der Waals surface area contributed by atoms with Crippen molar-refractivity contribution in [2.24, 2.45) is 5.92 Å². The van der Waals surface area contributed by atoms with Gasteiger partial charge in [-0.2, -0.15) is 0 Å². The molecular weight excluding hydrogens is 164 g/mol. The van der Waals surface area contributed by atoms with Gasteiger partial charge in [0.05, 0.1) is 0 Å². The molecule has 0 aliphatic carbocycles. The standard InChI is InChI=1S/C10H22N2O/c1-12-6-4-10(9-12)8-11-5-2-3-7-13/h10-11,13H,2-9H2,1H3. The van der Waals surface area contributed by atoms with Crippen molar-refractivity contribution >= 4 is 0 Å². The van der Waals surface area contributed by atoms with Crippen molar-refractivity contribution in [1.29, 1.82) is 0 Å². The van der Waals surface area contributed by atoms with E-state index in [2.05, 4.69) is 17.3 Å². The quantitative estimate of drug-likeness (QED) is 0.586. The third-order valence-electron chi connectivity index (χ3n) is 2.68. The maximum Gasteiger partial charge on any atom is 0.0431 e. The van der Waals surface area contributed by atoms with E-state index in [1.807, 2.05) is 0 Å². The maximum absolute atomic E-state index is 8.58. The molecule has 1 unspecified atom stereocenters. The van der Waals surface area contributed by atoms with Crippen molar-refractivity contribution in [2.75, 3.05) is 39.8 Å². The molecule has 0 bridgehead atoms. The average Bonchev–Trinajstić information content (AvgIpc) is 2.51. The summed E-state index contributed by atoms with van der Waals surface area (Å²) >= 11 is 0. The molecule has 1 rings (SSSR count). The predicted octanol–water partition coefficient (Wildman–Crippen LogP) is 0.300. The number of rotatable bonds is 6. The highest BCUT2D eigenvalue weighted by Crippen LogP contribution is 2.12. The molecule has 2 N–H and O–H groups in total. The van der Waals surface area contributed by atoms with E-state index >= 15 is 0 Å². The van der Waals surface area contributed by atoms with Crippen LogP contribution in [0, 0.1) is 5.92 Å². The Bertz CT molecular complexity index is 130. The number of hydrogen-bond donors (Lipinski definition) is 2. The van der Waals surface area contributed by atoms with Gasteiger partial charge in [0.2, 0.25) is 0 Å². The minimum absolute atomic E-state index is 0.327. The zero-order chi connectivity index (χ0) is 9.52. The van der Waals surface area contributed by atoms with Gasteiger partial charge in [0.25, 0.3) is 0 Å². The van der Waals surface area contributed by atoms with Crippen molar-refractivity contribution in [3.05, 3.63) is 0 Å². The van der Waals surface area contributed by atoms with Crippen LogP contribution in [-0.2, 0) is 0 Å². The predicted molar refractivity (Wildman–Crippen MR) is 54.8 cm³/mol. The van der Waals surface area contributed by atoms with Crippen molar-refractivity contribution in [3.8, 4) is 0 Å². The summed E-state index contributed by atoms with van der Waals surface area (Å²) in [6.07, 6.45) is 3.36. The van der Waals surface area contributed by atoms with Crippen LogP contribution in [-0.4, -0.2) is 49.8 Å². The minimum atomic E-state index is 0.327. The summed E-state index contributed by atoms with van der Waals surface area (Å²) in [6.45, 7) is 5.03. The maximum atomic E-state index is 8.58. The van der Waals surface area contributed by atoms with Crippen LogP contribution >= 0.6 is 0 Å². The normalized spacial score (nSPS) is 24.0. The summed E-state index contributed by atoms with van der Waals surface area (Å²) in [5.41, 5.74) is 0. The van der Waals surface area contributed by atoms with Crippen molar-refractivity contribution in [3.63, 3.8) is 0 Å². The monoisotopic (exact) mass is 186 g/mol. The lowest BCUT2D eigenvalue weighted by molar-refractivity contribution is 0.283. The molecule has 0 aromatic rings. The SMILES string of the molecule is CN1CCC(CNCCCCO)C1. The topological polar surface area (TPSA) is 35.5 Å². The number of aliphatic hydroxyl groups is 1. The molecule has 78 valence electrons. The zero-order valence-electron chi connectivity index (χ0n) is 8.63. The molecule has 3 nitrogen and oxygen atoms in total. The molecule has 3 heteroatoms. The number of aliphatic hydroxyl groups excluding tert-OH is 1. The Morgan fingerprint density at radius 3 is 2.92 bits per heavy atom. The van der Waals surface area contributed by atoms with Crippen LogP contribution in [0.5, 0.6) is 0 Å². The fraction of sp³-hybridized carbons (Fsp3) is 1.00. The summed E-state index contributed by atoms with van der Waals surface area (Å²) in [5.74, 6) is 0.846. The van der Waals surface area contributed by atoms with Crippen molar-refractivity contribution < 1.29 is 5.11 Å². The van der Waals surface area contributed by atoms with Gasteiger partial charge >= 0.3 is 0 Å². The summed E-state index contributed by atoms with van der Waals surface area (Å²) in [7, 11) is 2.19. The molecule has 0 radical (unpaired) electrons. The summed E-state index contributed by atoms with van der Waals surface area (Å²) in [4.78, 5) is 2.39. The number of unbranched alkanes of at least 4 members (excludes halogenated alkanes) is 1. The Morgan fingerprint density at radius 2 is 2.31 bits per heavy atom.